The van der Waals surface area contributed by atoms with E-state index in [0.717, 1.165) is 0 Å². The Morgan fingerprint density at radius 1 is 1.52 bits per heavy atom. The average Bonchev–Trinajstić information content (AvgIpc) is 2.75. The molecule has 0 radical (unpaired) electrons. The first kappa shape index (κ1) is 16.2. The number of hydrogen-bond donors (Lipinski definition) is 1. The molecule has 1 aliphatic heterocycles. The minimum absolute atomic E-state index is 0.00506. The lowest BCUT2D eigenvalue weighted by atomic mass is 10.2. The normalized spacial score (nSPS) is 21.1. The molecule has 0 amide bonds. The van der Waals surface area contributed by atoms with Gasteiger partial charge in [0.15, 0.2) is 5.79 Å². The third kappa shape index (κ3) is 3.93. The molecule has 21 heavy (non-hydrogen) atoms. The smallest absolute Gasteiger partial charge is 0.242 e. The van der Waals surface area contributed by atoms with Gasteiger partial charge in [-0.15, -0.1) is 0 Å². The van der Waals surface area contributed by atoms with E-state index in [1.54, 1.807) is 13.8 Å². The van der Waals surface area contributed by atoms with Gasteiger partial charge in [-0.25, -0.2) is 13.1 Å². The summed E-state index contributed by atoms with van der Waals surface area (Å²) in [5, 5.41) is 8.75. The van der Waals surface area contributed by atoms with Crippen LogP contribution in [0.1, 0.15) is 19.4 Å². The van der Waals surface area contributed by atoms with Crippen molar-refractivity contribution in [3.05, 3.63) is 28.8 Å². The van der Waals surface area contributed by atoms with Gasteiger partial charge in [-0.1, -0.05) is 11.6 Å². The number of sulfonamides is 1. The Morgan fingerprint density at radius 3 is 2.76 bits per heavy atom. The highest BCUT2D eigenvalue weighted by atomic mass is 35.5. The van der Waals surface area contributed by atoms with Crippen LogP contribution in [0.15, 0.2) is 23.1 Å². The van der Waals surface area contributed by atoms with Crippen LogP contribution in [-0.4, -0.2) is 33.5 Å². The van der Waals surface area contributed by atoms with E-state index in [1.165, 1.54) is 18.2 Å². The number of nitrogens with one attached hydrogen (secondary N) is 1. The fourth-order valence-electron chi connectivity index (χ4n) is 1.93. The molecule has 0 aliphatic carbocycles. The van der Waals surface area contributed by atoms with Crippen molar-refractivity contribution in [3.63, 3.8) is 0 Å². The quantitative estimate of drug-likeness (QED) is 0.906. The van der Waals surface area contributed by atoms with E-state index >= 15 is 0 Å². The Hall–Kier alpha value is -1.17. The molecule has 0 spiro atoms. The summed E-state index contributed by atoms with van der Waals surface area (Å²) >= 11 is 5.91. The zero-order valence-electron chi connectivity index (χ0n) is 11.6. The largest absolute Gasteiger partial charge is 0.348 e. The zero-order chi connectivity index (χ0) is 15.7. The van der Waals surface area contributed by atoms with Gasteiger partial charge in [0, 0.05) is 6.54 Å². The Morgan fingerprint density at radius 2 is 2.24 bits per heavy atom. The lowest BCUT2D eigenvalue weighted by molar-refractivity contribution is -0.137. The molecule has 1 heterocycles. The summed E-state index contributed by atoms with van der Waals surface area (Å²) in [6, 6.07) is 5.92. The number of nitriles is 1. The van der Waals surface area contributed by atoms with Gasteiger partial charge in [0.1, 0.15) is 4.90 Å². The number of benzene rings is 1. The molecule has 8 heteroatoms. The van der Waals surface area contributed by atoms with Crippen molar-refractivity contribution in [3.8, 4) is 6.07 Å². The molecule has 1 fully saturated rings. The molecule has 1 unspecified atom stereocenters. The van der Waals surface area contributed by atoms with Gasteiger partial charge in [0.05, 0.1) is 29.4 Å². The maximum atomic E-state index is 12.2. The third-order valence-corrected chi connectivity index (χ3v) is 4.83. The third-order valence-electron chi connectivity index (χ3n) is 2.92. The molecule has 1 aromatic rings. The van der Waals surface area contributed by atoms with Gasteiger partial charge in [-0.05, 0) is 32.0 Å². The molecule has 2 rings (SSSR count). The molecular formula is C13H15ClN2O4S. The van der Waals surface area contributed by atoms with Crippen LogP contribution in [0.4, 0.5) is 0 Å². The fourth-order valence-corrected chi connectivity index (χ4v) is 3.54. The van der Waals surface area contributed by atoms with Crippen molar-refractivity contribution in [2.75, 3.05) is 13.2 Å². The van der Waals surface area contributed by atoms with Gasteiger partial charge in [-0.3, -0.25) is 0 Å². The van der Waals surface area contributed by atoms with Crippen LogP contribution in [0, 0.1) is 11.3 Å². The first-order valence-electron chi connectivity index (χ1n) is 6.24. The Bertz CT molecular complexity index is 682. The molecule has 1 saturated heterocycles. The van der Waals surface area contributed by atoms with Crippen LogP contribution >= 0.6 is 11.6 Å². The van der Waals surface area contributed by atoms with Crippen molar-refractivity contribution in [1.82, 2.24) is 4.72 Å². The number of rotatable bonds is 4. The molecule has 1 aromatic carbocycles. The van der Waals surface area contributed by atoms with Gasteiger partial charge in [0.25, 0.3) is 0 Å². The fraction of sp³-hybridized carbons (Fsp3) is 0.462. The van der Waals surface area contributed by atoms with Gasteiger partial charge < -0.3 is 9.47 Å². The van der Waals surface area contributed by atoms with Crippen LogP contribution in [0.3, 0.4) is 0 Å². The van der Waals surface area contributed by atoms with E-state index in [4.69, 9.17) is 26.3 Å². The van der Waals surface area contributed by atoms with Crippen molar-refractivity contribution in [2.45, 2.75) is 30.6 Å². The van der Waals surface area contributed by atoms with E-state index in [1.807, 2.05) is 6.07 Å². The second kappa shape index (κ2) is 5.91. The standard InChI is InChI=1S/C13H15ClN2O4S/c1-13(2)19-8-10(20-13)7-16-21(17,18)12-4-3-9(6-15)5-11(12)14/h3-5,10,16H,7-8H2,1-2H3. The minimum Gasteiger partial charge on any atom is -0.348 e. The van der Waals surface area contributed by atoms with Gasteiger partial charge in [-0.2, -0.15) is 5.26 Å². The highest BCUT2D eigenvalue weighted by Gasteiger charge is 2.33. The Kier molecular flexibility index (Phi) is 4.56. The van der Waals surface area contributed by atoms with Crippen LogP contribution in [0.2, 0.25) is 5.02 Å². The Labute approximate surface area is 128 Å². The van der Waals surface area contributed by atoms with Crippen molar-refractivity contribution in [2.24, 2.45) is 0 Å². The molecule has 1 atom stereocenters. The number of halogens is 1. The zero-order valence-corrected chi connectivity index (χ0v) is 13.2. The highest BCUT2D eigenvalue weighted by Crippen LogP contribution is 2.24. The van der Waals surface area contributed by atoms with E-state index in [9.17, 15) is 8.42 Å². The van der Waals surface area contributed by atoms with Crippen LogP contribution < -0.4 is 4.72 Å². The molecule has 0 aromatic heterocycles. The average molecular weight is 331 g/mol. The molecule has 6 nitrogen and oxygen atoms in total. The molecular weight excluding hydrogens is 316 g/mol. The molecule has 1 N–H and O–H groups in total. The maximum Gasteiger partial charge on any atom is 0.242 e. The van der Waals surface area contributed by atoms with E-state index in [0.29, 0.717) is 12.2 Å². The van der Waals surface area contributed by atoms with Crippen molar-refractivity contribution < 1.29 is 17.9 Å². The SMILES string of the molecule is CC1(C)OCC(CNS(=O)(=O)c2ccc(C#N)cc2Cl)O1. The van der Waals surface area contributed by atoms with Crippen LogP contribution in [0.5, 0.6) is 0 Å². The van der Waals surface area contributed by atoms with Crippen molar-refractivity contribution in [1.29, 1.82) is 5.26 Å². The topological polar surface area (TPSA) is 88.4 Å². The maximum absolute atomic E-state index is 12.2. The van der Waals surface area contributed by atoms with Crippen LogP contribution in [0.25, 0.3) is 0 Å². The summed E-state index contributed by atoms with van der Waals surface area (Å²) < 4.78 is 37.7. The number of nitrogens with zero attached hydrogens (tertiary/aromatic N) is 1. The number of hydrogen-bond acceptors (Lipinski definition) is 5. The molecule has 0 saturated carbocycles. The second-order valence-electron chi connectivity index (χ2n) is 5.06. The van der Waals surface area contributed by atoms with Gasteiger partial charge in [0.2, 0.25) is 10.0 Å². The minimum atomic E-state index is -3.77. The lowest BCUT2D eigenvalue weighted by Crippen LogP contribution is -2.34. The van der Waals surface area contributed by atoms with Crippen molar-refractivity contribution >= 4 is 21.6 Å². The van der Waals surface area contributed by atoms with E-state index in [2.05, 4.69) is 4.72 Å². The lowest BCUT2D eigenvalue weighted by Gasteiger charge is -2.17. The van der Waals surface area contributed by atoms with E-state index < -0.39 is 15.8 Å². The summed E-state index contributed by atoms with van der Waals surface area (Å²) in [6.07, 6.45) is -0.355. The second-order valence-corrected chi connectivity index (χ2v) is 7.20. The predicted octanol–water partition coefficient (Wildman–Crippen LogP) is 1.64. The summed E-state index contributed by atoms with van der Waals surface area (Å²) in [4.78, 5) is -0.0682. The summed E-state index contributed by atoms with van der Waals surface area (Å²) in [5.41, 5.74) is 0.299. The highest BCUT2D eigenvalue weighted by molar-refractivity contribution is 7.89. The first-order valence-corrected chi connectivity index (χ1v) is 8.11. The molecule has 0 bridgehead atoms. The first-order chi connectivity index (χ1) is 9.73. The van der Waals surface area contributed by atoms with Gasteiger partial charge >= 0.3 is 0 Å². The predicted molar refractivity (Wildman–Crippen MR) is 76.3 cm³/mol. The molecule has 114 valence electrons. The molecule has 1 aliphatic rings. The summed E-state index contributed by atoms with van der Waals surface area (Å²) in [5.74, 6) is -0.706. The van der Waals surface area contributed by atoms with Crippen LogP contribution in [-0.2, 0) is 19.5 Å². The monoisotopic (exact) mass is 330 g/mol. The number of ether oxygens (including phenoxy) is 2. The summed E-state index contributed by atoms with van der Waals surface area (Å²) in [7, 11) is -3.77. The summed E-state index contributed by atoms with van der Waals surface area (Å²) in [6.45, 7) is 3.93. The van der Waals surface area contributed by atoms with E-state index in [-0.39, 0.29) is 22.6 Å². The Balaban J connectivity index is 2.08.